The Morgan fingerprint density at radius 2 is 2.00 bits per heavy atom. The fraction of sp³-hybridized carbons (Fsp3) is 0.208. The molecule has 4 rings (SSSR count). The van der Waals surface area contributed by atoms with Gasteiger partial charge in [-0.25, -0.2) is 14.2 Å². The second kappa shape index (κ2) is 9.03. The number of allylic oxidation sites excluding steroid dienone is 1. The molecule has 1 atom stereocenters. The lowest BCUT2D eigenvalue weighted by molar-refractivity contribution is -0.139. The van der Waals surface area contributed by atoms with Gasteiger partial charge in [-0.15, -0.1) is 0 Å². The van der Waals surface area contributed by atoms with Crippen molar-refractivity contribution in [1.82, 2.24) is 4.57 Å². The maximum absolute atomic E-state index is 13.6. The average Bonchev–Trinajstić information content (AvgIpc) is 3.09. The first-order valence-corrected chi connectivity index (χ1v) is 11.0. The average molecular weight is 469 g/mol. The predicted octanol–water partition coefficient (Wildman–Crippen LogP) is 2.65. The van der Waals surface area contributed by atoms with Crippen molar-refractivity contribution in [2.75, 3.05) is 13.7 Å². The highest BCUT2D eigenvalue weighted by Crippen LogP contribution is 2.31. The van der Waals surface area contributed by atoms with Gasteiger partial charge in [-0.1, -0.05) is 29.5 Å². The van der Waals surface area contributed by atoms with Crippen LogP contribution in [0.2, 0.25) is 0 Å². The zero-order valence-electron chi connectivity index (χ0n) is 18.2. The number of carbonyl (C=O) groups is 1. The largest absolute Gasteiger partial charge is 0.504 e. The van der Waals surface area contributed by atoms with Crippen LogP contribution in [-0.4, -0.2) is 29.4 Å². The summed E-state index contributed by atoms with van der Waals surface area (Å²) in [5, 5.41) is 9.83. The van der Waals surface area contributed by atoms with Gasteiger partial charge in [0.1, 0.15) is 5.82 Å². The Kier molecular flexibility index (Phi) is 6.15. The van der Waals surface area contributed by atoms with E-state index in [0.717, 1.165) is 0 Å². The van der Waals surface area contributed by atoms with Gasteiger partial charge in [-0.3, -0.25) is 9.36 Å². The minimum atomic E-state index is -0.808. The van der Waals surface area contributed by atoms with Gasteiger partial charge in [-0.05, 0) is 55.3 Å². The Morgan fingerprint density at radius 3 is 2.67 bits per heavy atom. The lowest BCUT2D eigenvalue weighted by atomic mass is 9.96. The van der Waals surface area contributed by atoms with Crippen molar-refractivity contribution >= 4 is 23.4 Å². The number of thiazole rings is 1. The first-order valence-electron chi connectivity index (χ1n) is 10.2. The molecule has 2 heterocycles. The van der Waals surface area contributed by atoms with Crippen molar-refractivity contribution in [3.05, 3.63) is 90.4 Å². The van der Waals surface area contributed by atoms with E-state index < -0.39 is 17.8 Å². The fourth-order valence-corrected chi connectivity index (χ4v) is 4.73. The summed E-state index contributed by atoms with van der Waals surface area (Å²) in [5.74, 6) is -0.736. The number of methoxy groups -OCH3 is 1. The quantitative estimate of drug-likeness (QED) is 0.582. The normalized spacial score (nSPS) is 15.8. The lowest BCUT2D eigenvalue weighted by Gasteiger charge is -2.24. The second-order valence-corrected chi connectivity index (χ2v) is 8.29. The number of carbonyl (C=O) groups excluding carboxylic acids is 1. The number of rotatable bonds is 5. The van der Waals surface area contributed by atoms with E-state index in [-0.39, 0.29) is 29.2 Å². The van der Waals surface area contributed by atoms with Gasteiger partial charge in [0.05, 0.1) is 35.6 Å². The number of hydrogen-bond donors (Lipinski definition) is 1. The Bertz CT molecular complexity index is 1440. The Morgan fingerprint density at radius 1 is 1.27 bits per heavy atom. The van der Waals surface area contributed by atoms with Crippen LogP contribution >= 0.6 is 11.3 Å². The molecule has 0 fully saturated rings. The predicted molar refractivity (Wildman–Crippen MR) is 121 cm³/mol. The molecule has 0 saturated heterocycles. The second-order valence-electron chi connectivity index (χ2n) is 7.29. The standard InChI is InChI=1S/C24H21FN2O5S/c1-4-32-23(30)20-13(2)26-24-27(21(20)15-6-8-16(25)9-7-15)22(29)19(33-24)12-14-5-10-17(28)18(11-14)31-3/h5-12,21,28H,4H2,1-3H3. The molecule has 1 unspecified atom stereocenters. The lowest BCUT2D eigenvalue weighted by Crippen LogP contribution is -2.39. The van der Waals surface area contributed by atoms with Crippen LogP contribution in [0.5, 0.6) is 11.5 Å². The first kappa shape index (κ1) is 22.5. The van der Waals surface area contributed by atoms with Gasteiger partial charge in [0, 0.05) is 0 Å². The third kappa shape index (κ3) is 4.19. The van der Waals surface area contributed by atoms with Gasteiger partial charge in [0.25, 0.3) is 5.56 Å². The number of benzene rings is 2. The van der Waals surface area contributed by atoms with Crippen LogP contribution in [-0.2, 0) is 9.53 Å². The molecule has 33 heavy (non-hydrogen) atoms. The summed E-state index contributed by atoms with van der Waals surface area (Å²) in [6.45, 7) is 3.55. The van der Waals surface area contributed by atoms with Crippen LogP contribution in [0.1, 0.15) is 31.0 Å². The van der Waals surface area contributed by atoms with Crippen LogP contribution in [0.25, 0.3) is 6.08 Å². The molecule has 2 aromatic carbocycles. The molecule has 3 aromatic rings. The van der Waals surface area contributed by atoms with Crippen LogP contribution in [0, 0.1) is 5.82 Å². The summed E-state index contributed by atoms with van der Waals surface area (Å²) in [5.41, 5.74) is 1.52. The molecule has 1 aliphatic rings. The third-order valence-corrected chi connectivity index (χ3v) is 6.19. The van der Waals surface area contributed by atoms with Gasteiger partial charge in [-0.2, -0.15) is 0 Å². The van der Waals surface area contributed by atoms with Crippen molar-refractivity contribution in [1.29, 1.82) is 0 Å². The summed E-state index contributed by atoms with van der Waals surface area (Å²) in [6, 6.07) is 9.59. The van der Waals surface area contributed by atoms with Crippen molar-refractivity contribution in [3.8, 4) is 11.5 Å². The van der Waals surface area contributed by atoms with Gasteiger partial charge >= 0.3 is 5.97 Å². The summed E-state index contributed by atoms with van der Waals surface area (Å²) >= 11 is 1.17. The van der Waals surface area contributed by atoms with E-state index in [1.165, 1.54) is 41.2 Å². The van der Waals surface area contributed by atoms with E-state index in [0.29, 0.717) is 26.2 Å². The minimum Gasteiger partial charge on any atom is -0.504 e. The zero-order valence-corrected chi connectivity index (χ0v) is 19.0. The monoisotopic (exact) mass is 468 g/mol. The summed E-state index contributed by atoms with van der Waals surface area (Å²) in [4.78, 5) is 31.2. The summed E-state index contributed by atoms with van der Waals surface area (Å²) in [7, 11) is 1.44. The van der Waals surface area contributed by atoms with E-state index >= 15 is 0 Å². The summed E-state index contributed by atoms with van der Waals surface area (Å²) in [6.07, 6.45) is 1.66. The SMILES string of the molecule is CCOC(=O)C1=C(C)N=c2sc(=Cc3ccc(O)c(OC)c3)c(=O)n2C1c1ccc(F)cc1. The van der Waals surface area contributed by atoms with Crippen LogP contribution in [0.3, 0.4) is 0 Å². The number of esters is 1. The van der Waals surface area contributed by atoms with E-state index in [9.17, 15) is 19.1 Å². The van der Waals surface area contributed by atoms with Crippen LogP contribution in [0.15, 0.2) is 63.5 Å². The molecular weight excluding hydrogens is 447 g/mol. The highest BCUT2D eigenvalue weighted by Gasteiger charge is 2.33. The highest BCUT2D eigenvalue weighted by molar-refractivity contribution is 7.07. The molecule has 0 bridgehead atoms. The number of phenols is 1. The first-order chi connectivity index (χ1) is 15.8. The Labute approximate surface area is 192 Å². The number of aromatic nitrogens is 1. The molecule has 0 radical (unpaired) electrons. The number of nitrogens with zero attached hydrogens (tertiary/aromatic N) is 2. The number of hydrogen-bond acceptors (Lipinski definition) is 7. The van der Waals surface area contributed by atoms with Gasteiger partial charge < -0.3 is 14.6 Å². The van der Waals surface area contributed by atoms with Crippen molar-refractivity contribution < 1.29 is 23.8 Å². The van der Waals surface area contributed by atoms with Crippen molar-refractivity contribution in [2.24, 2.45) is 4.99 Å². The molecule has 1 N–H and O–H groups in total. The molecule has 7 nitrogen and oxygen atoms in total. The van der Waals surface area contributed by atoms with E-state index in [1.807, 2.05) is 0 Å². The molecule has 0 amide bonds. The maximum Gasteiger partial charge on any atom is 0.338 e. The maximum atomic E-state index is 13.6. The van der Waals surface area contributed by atoms with E-state index in [2.05, 4.69) is 4.99 Å². The fourth-order valence-electron chi connectivity index (χ4n) is 3.69. The van der Waals surface area contributed by atoms with E-state index in [1.54, 1.807) is 44.2 Å². The molecule has 9 heteroatoms. The smallest absolute Gasteiger partial charge is 0.338 e. The molecular formula is C24H21FN2O5S. The van der Waals surface area contributed by atoms with Gasteiger partial charge in [0.2, 0.25) is 0 Å². The van der Waals surface area contributed by atoms with Gasteiger partial charge in [0.15, 0.2) is 16.3 Å². The van der Waals surface area contributed by atoms with Crippen molar-refractivity contribution in [3.63, 3.8) is 0 Å². The number of aromatic hydroxyl groups is 1. The topological polar surface area (TPSA) is 90.1 Å². The highest BCUT2D eigenvalue weighted by atomic mass is 32.1. The van der Waals surface area contributed by atoms with Crippen molar-refractivity contribution in [2.45, 2.75) is 19.9 Å². The number of phenolic OH excluding ortho intramolecular Hbond substituents is 1. The van der Waals surface area contributed by atoms with Crippen LogP contribution in [0.4, 0.5) is 4.39 Å². The molecule has 0 aliphatic carbocycles. The van der Waals surface area contributed by atoms with Crippen LogP contribution < -0.4 is 19.6 Å². The molecule has 0 saturated carbocycles. The molecule has 1 aromatic heterocycles. The summed E-state index contributed by atoms with van der Waals surface area (Å²) < 4.78 is 25.8. The number of halogens is 1. The zero-order chi connectivity index (χ0) is 23.7. The Hall–Kier alpha value is -3.72. The molecule has 0 spiro atoms. The third-order valence-electron chi connectivity index (χ3n) is 5.20. The van der Waals surface area contributed by atoms with E-state index in [4.69, 9.17) is 9.47 Å². The number of ether oxygens (including phenoxy) is 2. The number of fused-ring (bicyclic) bond motifs is 1. The molecule has 170 valence electrons. The minimum absolute atomic E-state index is 0.0119. The Balaban J connectivity index is 1.94. The molecule has 1 aliphatic heterocycles.